The first-order valence-electron chi connectivity index (χ1n) is 6.15. The number of allylic oxidation sites excluding steroid dienone is 2. The van der Waals surface area contributed by atoms with E-state index in [4.69, 9.17) is 0 Å². The van der Waals surface area contributed by atoms with Crippen LogP contribution in [0.25, 0.3) is 5.57 Å². The molecule has 0 amide bonds. The van der Waals surface area contributed by atoms with Crippen molar-refractivity contribution in [3.05, 3.63) is 34.9 Å². The van der Waals surface area contributed by atoms with Gasteiger partial charge in [-0.1, -0.05) is 0 Å². The molecule has 0 bridgehead atoms. The summed E-state index contributed by atoms with van der Waals surface area (Å²) in [6, 6.07) is 6.94. The van der Waals surface area contributed by atoms with Crippen LogP contribution in [0, 0.1) is 0 Å². The van der Waals surface area contributed by atoms with Gasteiger partial charge in [-0.05, 0) is 0 Å². The van der Waals surface area contributed by atoms with Crippen LogP contribution in [0.15, 0.2) is 23.8 Å². The zero-order chi connectivity index (χ0) is 12.1. The molecule has 1 atom stereocenters. The van der Waals surface area contributed by atoms with Crippen molar-refractivity contribution in [3.8, 4) is 0 Å². The van der Waals surface area contributed by atoms with Crippen LogP contribution in [0.3, 0.4) is 0 Å². The molecule has 16 heavy (non-hydrogen) atoms. The number of rotatable bonds is 1. The van der Waals surface area contributed by atoms with Crippen LogP contribution in [-0.2, 0) is 16.6 Å². The minimum absolute atomic E-state index is 0.625. The van der Waals surface area contributed by atoms with Crippen LogP contribution in [0.2, 0.25) is 15.7 Å². The fourth-order valence-electron chi connectivity index (χ4n) is 2.73. The van der Waals surface area contributed by atoms with Crippen molar-refractivity contribution in [3.63, 3.8) is 0 Å². The molecule has 0 heterocycles. The molecule has 1 aliphatic carbocycles. The van der Waals surface area contributed by atoms with Gasteiger partial charge >= 0.3 is 103 Å². The van der Waals surface area contributed by atoms with E-state index in [-0.39, 0.29) is 0 Å². The second-order valence-electron chi connectivity index (χ2n) is 6.05. The number of hydrogen-bond donors (Lipinski definition) is 0. The molecular weight excluding hydrogens is 228 g/mol. The SMILES string of the molecule is CC1=C(C)C(C)c2ccc[c]([Ti]([CH3])([CH3])[CH3])c21. The van der Waals surface area contributed by atoms with Gasteiger partial charge in [-0.3, -0.25) is 0 Å². The summed E-state index contributed by atoms with van der Waals surface area (Å²) in [6.45, 7) is 6.93. The summed E-state index contributed by atoms with van der Waals surface area (Å²) in [7, 11) is 0. The number of benzene rings is 1. The van der Waals surface area contributed by atoms with E-state index in [0.29, 0.717) is 5.92 Å². The molecule has 0 saturated heterocycles. The zero-order valence-electron chi connectivity index (χ0n) is 11.3. The van der Waals surface area contributed by atoms with E-state index in [2.05, 4.69) is 54.7 Å². The van der Waals surface area contributed by atoms with Gasteiger partial charge in [0.1, 0.15) is 0 Å². The molecule has 0 nitrogen and oxygen atoms in total. The normalized spacial score (nSPS) is 20.2. The summed E-state index contributed by atoms with van der Waals surface area (Å²) >= 11 is -1.74. The molecule has 1 unspecified atom stereocenters. The van der Waals surface area contributed by atoms with Crippen LogP contribution in [-0.4, -0.2) is 0 Å². The Hall–Kier alpha value is -0.326. The van der Waals surface area contributed by atoms with E-state index in [1.165, 1.54) is 0 Å². The number of hydrogen-bond acceptors (Lipinski definition) is 0. The molecule has 86 valence electrons. The second-order valence-corrected chi connectivity index (χ2v) is 13.9. The Morgan fingerprint density at radius 3 is 2.25 bits per heavy atom. The Bertz CT molecular complexity index is 461. The molecular formula is C15H22Ti. The topological polar surface area (TPSA) is 0 Å². The monoisotopic (exact) mass is 250 g/mol. The Balaban J connectivity index is 2.72. The third kappa shape index (κ3) is 1.73. The summed E-state index contributed by atoms with van der Waals surface area (Å²) < 4.78 is 1.68. The Kier molecular flexibility index (Phi) is 2.93. The molecule has 1 aromatic rings. The van der Waals surface area contributed by atoms with Crippen LogP contribution >= 0.6 is 0 Å². The summed E-state index contributed by atoms with van der Waals surface area (Å²) in [6.07, 6.45) is 0. The summed E-state index contributed by atoms with van der Waals surface area (Å²) in [4.78, 5) is 0. The van der Waals surface area contributed by atoms with Crippen molar-refractivity contribution in [2.24, 2.45) is 0 Å². The molecule has 1 aliphatic rings. The van der Waals surface area contributed by atoms with E-state index in [0.717, 1.165) is 0 Å². The van der Waals surface area contributed by atoms with Crippen molar-refractivity contribution in [2.75, 3.05) is 0 Å². The zero-order valence-corrected chi connectivity index (χ0v) is 12.9. The number of fused-ring (bicyclic) bond motifs is 1. The predicted molar refractivity (Wildman–Crippen MR) is 70.4 cm³/mol. The van der Waals surface area contributed by atoms with Gasteiger partial charge < -0.3 is 0 Å². The first-order chi connectivity index (χ1) is 7.34. The third-order valence-electron chi connectivity index (χ3n) is 3.99. The second kappa shape index (κ2) is 3.86. The summed E-state index contributed by atoms with van der Waals surface area (Å²) in [5.74, 6) is 0.625. The maximum absolute atomic E-state index is 2.49. The molecule has 0 fully saturated rings. The Morgan fingerprint density at radius 2 is 1.69 bits per heavy atom. The van der Waals surface area contributed by atoms with Crippen LogP contribution in [0.4, 0.5) is 0 Å². The quantitative estimate of drug-likeness (QED) is 0.643. The average Bonchev–Trinajstić information content (AvgIpc) is 2.43. The van der Waals surface area contributed by atoms with Gasteiger partial charge in [-0.2, -0.15) is 0 Å². The fourth-order valence-corrected chi connectivity index (χ4v) is 5.35. The molecule has 1 aromatic carbocycles. The van der Waals surface area contributed by atoms with Gasteiger partial charge in [-0.15, -0.1) is 0 Å². The van der Waals surface area contributed by atoms with Crippen molar-refractivity contribution >= 4 is 9.44 Å². The minimum atomic E-state index is -1.74. The molecule has 0 aliphatic heterocycles. The molecule has 0 spiro atoms. The van der Waals surface area contributed by atoms with Gasteiger partial charge in [-0.25, -0.2) is 0 Å². The standard InChI is InChI=1S/C12H13.3CH3.Ti/c1-8-9(2)11-6-4-5-7-12(11)10(8)3;;;;/h4-6,9H,1-3H3;3*1H3;. The first kappa shape index (κ1) is 12.1. The van der Waals surface area contributed by atoms with E-state index in [1.54, 1.807) is 26.1 Å². The van der Waals surface area contributed by atoms with Gasteiger partial charge in [0.15, 0.2) is 0 Å². The first-order valence-corrected chi connectivity index (χ1v) is 11.6. The average molecular weight is 250 g/mol. The fraction of sp³-hybridized carbons (Fsp3) is 0.467. The van der Waals surface area contributed by atoms with E-state index in [9.17, 15) is 0 Å². The van der Waals surface area contributed by atoms with Gasteiger partial charge in [0, 0.05) is 0 Å². The van der Waals surface area contributed by atoms with Crippen molar-refractivity contribution in [1.29, 1.82) is 0 Å². The molecule has 0 aromatic heterocycles. The van der Waals surface area contributed by atoms with E-state index >= 15 is 0 Å². The summed E-state index contributed by atoms with van der Waals surface area (Å²) in [5, 5.41) is 7.46. The van der Waals surface area contributed by atoms with Gasteiger partial charge in [0.2, 0.25) is 0 Å². The Morgan fingerprint density at radius 1 is 1.06 bits per heavy atom. The Labute approximate surface area is 103 Å². The maximum atomic E-state index is 2.49. The van der Waals surface area contributed by atoms with Gasteiger partial charge in [0.25, 0.3) is 0 Å². The molecule has 2 rings (SSSR count). The van der Waals surface area contributed by atoms with Crippen LogP contribution in [0.1, 0.15) is 37.8 Å². The molecule has 1 heteroatoms. The van der Waals surface area contributed by atoms with Crippen molar-refractivity contribution in [2.45, 2.75) is 42.4 Å². The third-order valence-corrected chi connectivity index (χ3v) is 7.16. The van der Waals surface area contributed by atoms with Crippen LogP contribution in [0.5, 0.6) is 0 Å². The van der Waals surface area contributed by atoms with E-state index < -0.39 is 16.6 Å². The summed E-state index contributed by atoms with van der Waals surface area (Å²) in [5.41, 5.74) is 6.26. The van der Waals surface area contributed by atoms with Crippen molar-refractivity contribution in [1.82, 2.24) is 0 Å². The van der Waals surface area contributed by atoms with Crippen LogP contribution < -0.4 is 3.87 Å². The molecule has 0 N–H and O–H groups in total. The molecule has 0 radical (unpaired) electrons. The van der Waals surface area contributed by atoms with Gasteiger partial charge in [0.05, 0.1) is 0 Å². The molecule has 0 saturated carbocycles. The van der Waals surface area contributed by atoms with E-state index in [1.807, 2.05) is 0 Å². The van der Waals surface area contributed by atoms with Crippen molar-refractivity contribution < 1.29 is 16.6 Å². The predicted octanol–water partition coefficient (Wildman–Crippen LogP) is 4.52.